The van der Waals surface area contributed by atoms with Crippen molar-refractivity contribution in [2.75, 3.05) is 0 Å². The van der Waals surface area contributed by atoms with E-state index in [9.17, 15) is 9.90 Å². The second kappa shape index (κ2) is 4.48. The van der Waals surface area contributed by atoms with Crippen LogP contribution in [0.15, 0.2) is 60.2 Å². The summed E-state index contributed by atoms with van der Waals surface area (Å²) in [5.41, 5.74) is 2.21. The summed E-state index contributed by atoms with van der Waals surface area (Å²) in [5.74, 6) is 0.794. The number of carbonyl (C=O) groups excluding carboxylic acids is 1. The van der Waals surface area contributed by atoms with Crippen molar-refractivity contribution in [3.63, 3.8) is 0 Å². The predicted octanol–water partition coefficient (Wildman–Crippen LogP) is 3.47. The number of para-hydroxylation sites is 1. The van der Waals surface area contributed by atoms with Crippen LogP contribution in [0.5, 0.6) is 5.75 Å². The highest BCUT2D eigenvalue weighted by atomic mass is 16.5. The Hall–Kier alpha value is -2.55. The van der Waals surface area contributed by atoms with Gasteiger partial charge in [-0.05, 0) is 12.5 Å². The van der Waals surface area contributed by atoms with E-state index in [4.69, 9.17) is 4.74 Å². The lowest BCUT2D eigenvalue weighted by atomic mass is 9.97. The highest BCUT2D eigenvalue weighted by molar-refractivity contribution is 6.07. The molecule has 1 saturated carbocycles. The zero-order valence-corrected chi connectivity index (χ0v) is 11.3. The first-order chi connectivity index (χ1) is 10.3. The predicted molar refractivity (Wildman–Crippen MR) is 79.2 cm³/mol. The summed E-state index contributed by atoms with van der Waals surface area (Å²) in [5, 5.41) is 10.4. The van der Waals surface area contributed by atoms with Crippen LogP contribution in [-0.4, -0.2) is 17.0 Å². The van der Waals surface area contributed by atoms with Crippen LogP contribution in [0.3, 0.4) is 0 Å². The highest BCUT2D eigenvalue weighted by Gasteiger charge is 2.47. The molecule has 2 unspecified atom stereocenters. The molecule has 0 radical (unpaired) electrons. The van der Waals surface area contributed by atoms with E-state index in [1.165, 1.54) is 0 Å². The van der Waals surface area contributed by atoms with Gasteiger partial charge in [0.1, 0.15) is 11.5 Å². The number of aliphatic hydroxyl groups excluding tert-OH is 1. The molecule has 104 valence electrons. The molecule has 0 spiro atoms. The lowest BCUT2D eigenvalue weighted by molar-refractivity contribution is -0.120. The van der Waals surface area contributed by atoms with E-state index in [0.29, 0.717) is 17.6 Å². The van der Waals surface area contributed by atoms with Crippen molar-refractivity contribution in [3.05, 3.63) is 71.3 Å². The molecule has 1 heterocycles. The van der Waals surface area contributed by atoms with E-state index >= 15 is 0 Å². The smallest absolute Gasteiger partial charge is 0.203 e. The molecule has 2 aliphatic rings. The lowest BCUT2D eigenvalue weighted by Crippen LogP contribution is -2.22. The van der Waals surface area contributed by atoms with Crippen molar-refractivity contribution >= 4 is 11.5 Å². The molecule has 0 saturated heterocycles. The summed E-state index contributed by atoms with van der Waals surface area (Å²) in [4.78, 5) is 12.5. The van der Waals surface area contributed by atoms with E-state index in [2.05, 4.69) is 0 Å². The quantitative estimate of drug-likeness (QED) is 0.641. The van der Waals surface area contributed by atoms with Gasteiger partial charge in [0.15, 0.2) is 6.10 Å². The van der Waals surface area contributed by atoms with Crippen molar-refractivity contribution in [3.8, 4) is 5.75 Å². The van der Waals surface area contributed by atoms with Crippen LogP contribution in [-0.2, 0) is 4.79 Å². The van der Waals surface area contributed by atoms with Gasteiger partial charge in [-0.25, -0.2) is 0 Å². The van der Waals surface area contributed by atoms with Crippen molar-refractivity contribution in [1.29, 1.82) is 0 Å². The first kappa shape index (κ1) is 12.2. The molecule has 3 heteroatoms. The summed E-state index contributed by atoms with van der Waals surface area (Å²) in [7, 11) is 0. The summed E-state index contributed by atoms with van der Waals surface area (Å²) >= 11 is 0. The molecule has 2 aromatic rings. The minimum absolute atomic E-state index is 0.0227. The number of Topliss-reactive ketones (excluding diaryl/α,β-unsaturated/α-hetero) is 1. The third kappa shape index (κ3) is 1.77. The van der Waals surface area contributed by atoms with Crippen LogP contribution in [0.4, 0.5) is 0 Å². The van der Waals surface area contributed by atoms with Crippen molar-refractivity contribution in [1.82, 2.24) is 0 Å². The monoisotopic (exact) mass is 278 g/mol. The Labute approximate surface area is 122 Å². The maximum Gasteiger partial charge on any atom is 0.203 e. The lowest BCUT2D eigenvalue weighted by Gasteiger charge is -2.07. The molecule has 0 aromatic heterocycles. The molecule has 21 heavy (non-hydrogen) atoms. The Balaban J connectivity index is 1.75. The molecule has 1 aliphatic carbocycles. The van der Waals surface area contributed by atoms with Crippen LogP contribution in [0.25, 0.3) is 5.76 Å². The standard InChI is InChI=1S/C18H14O3/c19-16(11-6-2-1-3-7-11)14-10-13-12-8-4-5-9-15(12)21-18(13)17(14)20/h1-9,13,18-19H,10H2/b16-14+. The number of carbonyl (C=O) groups is 1. The van der Waals surface area contributed by atoms with Crippen molar-refractivity contribution in [2.24, 2.45) is 0 Å². The number of ether oxygens (including phenoxy) is 1. The van der Waals surface area contributed by atoms with Crippen LogP contribution >= 0.6 is 0 Å². The van der Waals surface area contributed by atoms with E-state index < -0.39 is 6.10 Å². The fourth-order valence-electron chi connectivity index (χ4n) is 3.21. The number of rotatable bonds is 1. The SMILES string of the molecule is O=C1/C(=C(/O)c2ccccc2)CC2c3ccccc3OC12. The van der Waals surface area contributed by atoms with E-state index in [1.807, 2.05) is 42.5 Å². The summed E-state index contributed by atoms with van der Waals surface area (Å²) < 4.78 is 5.76. The third-order valence-electron chi connectivity index (χ3n) is 4.25. The molecule has 1 N–H and O–H groups in total. The van der Waals surface area contributed by atoms with Gasteiger partial charge in [-0.15, -0.1) is 0 Å². The molecular weight excluding hydrogens is 264 g/mol. The Bertz CT molecular complexity index is 746. The zero-order valence-electron chi connectivity index (χ0n) is 11.3. The van der Waals surface area contributed by atoms with Gasteiger partial charge in [0.25, 0.3) is 0 Å². The van der Waals surface area contributed by atoms with Crippen LogP contribution < -0.4 is 4.74 Å². The van der Waals surface area contributed by atoms with Gasteiger partial charge in [-0.2, -0.15) is 0 Å². The average molecular weight is 278 g/mol. The van der Waals surface area contributed by atoms with E-state index in [0.717, 1.165) is 11.3 Å². The Morgan fingerprint density at radius 3 is 2.57 bits per heavy atom. The van der Waals surface area contributed by atoms with Crippen LogP contribution in [0.1, 0.15) is 23.5 Å². The van der Waals surface area contributed by atoms with Crippen LogP contribution in [0.2, 0.25) is 0 Å². The molecular formula is C18H14O3. The topological polar surface area (TPSA) is 46.5 Å². The van der Waals surface area contributed by atoms with Crippen molar-refractivity contribution in [2.45, 2.75) is 18.4 Å². The molecule has 1 aliphatic heterocycles. The summed E-state index contributed by atoms with van der Waals surface area (Å²) in [6.07, 6.45) is 0.0459. The maximum atomic E-state index is 12.5. The number of ketones is 1. The fraction of sp³-hybridized carbons (Fsp3) is 0.167. The first-order valence-electron chi connectivity index (χ1n) is 7.03. The van der Waals surface area contributed by atoms with E-state index in [1.54, 1.807) is 12.1 Å². The minimum atomic E-state index is -0.483. The fourth-order valence-corrected chi connectivity index (χ4v) is 3.21. The van der Waals surface area contributed by atoms with Gasteiger partial charge in [-0.3, -0.25) is 4.79 Å². The number of benzene rings is 2. The third-order valence-corrected chi connectivity index (χ3v) is 4.25. The van der Waals surface area contributed by atoms with Gasteiger partial charge in [0.2, 0.25) is 5.78 Å². The van der Waals surface area contributed by atoms with Gasteiger partial charge >= 0.3 is 0 Å². The zero-order chi connectivity index (χ0) is 14.4. The summed E-state index contributed by atoms with van der Waals surface area (Å²) in [6, 6.07) is 16.9. The number of hydrogen-bond acceptors (Lipinski definition) is 3. The minimum Gasteiger partial charge on any atom is -0.507 e. The molecule has 1 fully saturated rings. The van der Waals surface area contributed by atoms with Gasteiger partial charge in [0.05, 0.1) is 0 Å². The van der Waals surface area contributed by atoms with Crippen LogP contribution in [0, 0.1) is 0 Å². The highest BCUT2D eigenvalue weighted by Crippen LogP contribution is 2.48. The largest absolute Gasteiger partial charge is 0.507 e. The molecule has 2 atom stereocenters. The van der Waals surface area contributed by atoms with Gasteiger partial charge in [-0.1, -0.05) is 48.5 Å². The van der Waals surface area contributed by atoms with Gasteiger partial charge < -0.3 is 9.84 Å². The molecule has 0 amide bonds. The Morgan fingerprint density at radius 1 is 1.05 bits per heavy atom. The average Bonchev–Trinajstić information content (AvgIpc) is 3.05. The normalized spacial score (nSPS) is 25.2. The number of hydrogen-bond donors (Lipinski definition) is 1. The van der Waals surface area contributed by atoms with E-state index in [-0.39, 0.29) is 17.5 Å². The second-order valence-corrected chi connectivity index (χ2v) is 5.44. The Morgan fingerprint density at radius 2 is 1.76 bits per heavy atom. The molecule has 4 rings (SSSR count). The first-order valence-corrected chi connectivity index (χ1v) is 7.03. The van der Waals surface area contributed by atoms with Crippen molar-refractivity contribution < 1.29 is 14.6 Å². The second-order valence-electron chi connectivity index (χ2n) is 5.44. The molecule has 2 aromatic carbocycles. The Kier molecular flexibility index (Phi) is 2.61. The summed E-state index contributed by atoms with van der Waals surface area (Å²) in [6.45, 7) is 0. The van der Waals surface area contributed by atoms with Gasteiger partial charge in [0, 0.05) is 22.6 Å². The number of aliphatic hydroxyl groups is 1. The maximum absolute atomic E-state index is 12.5. The molecule has 0 bridgehead atoms. The number of fused-ring (bicyclic) bond motifs is 3. The molecule has 3 nitrogen and oxygen atoms in total.